The Labute approximate surface area is 234 Å². The number of aliphatic carboxylic acids is 1. The summed E-state index contributed by atoms with van der Waals surface area (Å²) in [6.45, 7) is 3.76. The van der Waals surface area contributed by atoms with E-state index in [2.05, 4.69) is 13.8 Å². The van der Waals surface area contributed by atoms with E-state index in [1.54, 1.807) is 37.4 Å². The summed E-state index contributed by atoms with van der Waals surface area (Å²) in [5.74, 6) is -1.09. The highest BCUT2D eigenvalue weighted by Gasteiger charge is 2.48. The van der Waals surface area contributed by atoms with Crippen molar-refractivity contribution in [2.75, 3.05) is 40.0 Å². The predicted molar refractivity (Wildman–Crippen MR) is 147 cm³/mol. The van der Waals surface area contributed by atoms with Gasteiger partial charge < -0.3 is 24.2 Å². The maximum Gasteiger partial charge on any atom is 0.309 e. The molecule has 1 N–H and O–H groups in total. The summed E-state index contributed by atoms with van der Waals surface area (Å²) in [7, 11) is 1.58. The standard InChI is InChI=1S/C29H38N2O6.ClH/c1-4-6-14-30(15-7-5-2)26(32)18-31-17-23(21-10-13-24-25(16-21)37-19-36-24)27(29(33)34)28(31)20-8-11-22(35-3)12-9-20;/h8-13,16,23,27-28H,4-7,14-15,17-19H2,1-3H3,(H,33,34);1H/t23-,27?,28+;/m1./s1/i19D2;. The zero-order valence-electron chi connectivity index (χ0n) is 24.2. The van der Waals surface area contributed by atoms with Crippen molar-refractivity contribution >= 4 is 24.3 Å². The quantitative estimate of drug-likeness (QED) is 0.394. The van der Waals surface area contributed by atoms with Crippen molar-refractivity contribution in [1.29, 1.82) is 0 Å². The maximum absolute atomic E-state index is 13.6. The molecular weight excluding hydrogens is 508 g/mol. The minimum Gasteiger partial charge on any atom is -0.497 e. The summed E-state index contributed by atoms with van der Waals surface area (Å²) in [5, 5.41) is 10.5. The van der Waals surface area contributed by atoms with Crippen LogP contribution in [0.5, 0.6) is 17.2 Å². The lowest BCUT2D eigenvalue weighted by atomic mass is 9.82. The molecule has 2 heterocycles. The van der Waals surface area contributed by atoms with Crippen LogP contribution in [-0.4, -0.2) is 66.8 Å². The molecule has 0 aliphatic carbocycles. The van der Waals surface area contributed by atoms with Crippen molar-refractivity contribution in [2.45, 2.75) is 51.5 Å². The van der Waals surface area contributed by atoms with E-state index in [4.69, 9.17) is 17.0 Å². The molecule has 0 saturated carbocycles. The van der Waals surface area contributed by atoms with Crippen LogP contribution in [0.4, 0.5) is 0 Å². The van der Waals surface area contributed by atoms with Crippen LogP contribution in [0.1, 0.15) is 65.4 Å². The number of rotatable bonds is 12. The molecule has 0 aromatic heterocycles. The second-order valence-electron chi connectivity index (χ2n) is 9.70. The van der Waals surface area contributed by atoms with Gasteiger partial charge in [-0.15, -0.1) is 12.4 Å². The summed E-state index contributed by atoms with van der Waals surface area (Å²) in [6, 6.07) is 11.8. The molecule has 0 radical (unpaired) electrons. The third-order valence-corrected chi connectivity index (χ3v) is 7.29. The number of carbonyl (C=O) groups is 2. The van der Waals surface area contributed by atoms with Crippen molar-refractivity contribution < 1.29 is 31.6 Å². The first-order valence-electron chi connectivity index (χ1n) is 14.1. The van der Waals surface area contributed by atoms with Gasteiger partial charge in [-0.1, -0.05) is 44.9 Å². The predicted octanol–water partition coefficient (Wildman–Crippen LogP) is 5.12. The van der Waals surface area contributed by atoms with Crippen molar-refractivity contribution in [1.82, 2.24) is 9.80 Å². The third-order valence-electron chi connectivity index (χ3n) is 7.29. The fourth-order valence-electron chi connectivity index (χ4n) is 5.29. The van der Waals surface area contributed by atoms with Crippen molar-refractivity contribution in [3.63, 3.8) is 0 Å². The number of amides is 1. The van der Waals surface area contributed by atoms with Gasteiger partial charge in [0.25, 0.3) is 0 Å². The van der Waals surface area contributed by atoms with E-state index in [-0.39, 0.29) is 36.4 Å². The minimum absolute atomic E-state index is 0. The van der Waals surface area contributed by atoms with E-state index in [0.717, 1.165) is 31.2 Å². The fourth-order valence-corrected chi connectivity index (χ4v) is 5.29. The minimum atomic E-state index is -2.27. The third kappa shape index (κ3) is 6.53. The first-order chi connectivity index (χ1) is 18.7. The molecule has 3 atom stereocenters. The van der Waals surface area contributed by atoms with E-state index in [1.807, 2.05) is 21.9 Å². The van der Waals surface area contributed by atoms with Crippen LogP contribution < -0.4 is 14.2 Å². The molecule has 4 rings (SSSR count). The van der Waals surface area contributed by atoms with Crippen LogP contribution >= 0.6 is 12.4 Å². The van der Waals surface area contributed by atoms with Gasteiger partial charge in [-0.3, -0.25) is 14.5 Å². The monoisotopic (exact) mass is 548 g/mol. The number of methoxy groups -OCH3 is 1. The van der Waals surface area contributed by atoms with E-state index in [1.165, 1.54) is 0 Å². The second kappa shape index (κ2) is 13.7. The van der Waals surface area contributed by atoms with Crippen LogP contribution in [0.3, 0.4) is 0 Å². The second-order valence-corrected chi connectivity index (χ2v) is 9.70. The largest absolute Gasteiger partial charge is 0.497 e. The number of hydrogen-bond acceptors (Lipinski definition) is 6. The maximum atomic E-state index is 13.6. The highest BCUT2D eigenvalue weighted by molar-refractivity contribution is 5.85. The number of benzene rings is 2. The van der Waals surface area contributed by atoms with Gasteiger partial charge in [-0.2, -0.15) is 0 Å². The van der Waals surface area contributed by atoms with Crippen molar-refractivity contribution in [3.8, 4) is 17.2 Å². The lowest BCUT2D eigenvalue weighted by molar-refractivity contribution is -0.144. The topological polar surface area (TPSA) is 88.5 Å². The van der Waals surface area contributed by atoms with E-state index in [9.17, 15) is 14.7 Å². The summed E-state index contributed by atoms with van der Waals surface area (Å²) < 4.78 is 31.3. The molecule has 208 valence electrons. The SMILES string of the molecule is Cl.[2H]C1([2H])Oc2ccc([C@H]3CN(CC(=O)N(CCCC)CCCC)[C@@H](c4ccc(OC)cc4)C3C(=O)O)cc2O1. The van der Waals surface area contributed by atoms with Gasteiger partial charge in [0.15, 0.2) is 11.5 Å². The van der Waals surface area contributed by atoms with E-state index in [0.29, 0.717) is 30.9 Å². The van der Waals surface area contributed by atoms with Crippen molar-refractivity contribution in [3.05, 3.63) is 53.6 Å². The van der Waals surface area contributed by atoms with Crippen LogP contribution in [0.25, 0.3) is 0 Å². The molecular formula is C29H39ClN2O6. The normalized spacial score (nSPS) is 22.2. The van der Waals surface area contributed by atoms with Gasteiger partial charge in [0, 0.05) is 31.6 Å². The Morgan fingerprint density at radius 1 is 1.05 bits per heavy atom. The number of carbonyl (C=O) groups excluding carboxylic acids is 1. The molecule has 2 aliphatic heterocycles. The number of carboxylic acids is 1. The molecule has 1 saturated heterocycles. The fraction of sp³-hybridized carbons (Fsp3) is 0.517. The van der Waals surface area contributed by atoms with Crippen LogP contribution in [0, 0.1) is 5.92 Å². The summed E-state index contributed by atoms with van der Waals surface area (Å²) in [4.78, 5) is 30.3. The molecule has 2 aromatic carbocycles. The molecule has 8 nitrogen and oxygen atoms in total. The van der Waals surface area contributed by atoms with Crippen molar-refractivity contribution in [2.24, 2.45) is 5.92 Å². The lowest BCUT2D eigenvalue weighted by Gasteiger charge is -2.30. The Morgan fingerprint density at radius 2 is 1.68 bits per heavy atom. The Bertz CT molecular complexity index is 1160. The number of carboxylic acid groups (broad SMARTS) is 1. The lowest BCUT2D eigenvalue weighted by Crippen LogP contribution is -2.42. The summed E-state index contributed by atoms with van der Waals surface area (Å²) >= 11 is 0. The number of nitrogens with zero attached hydrogens (tertiary/aromatic N) is 2. The smallest absolute Gasteiger partial charge is 0.309 e. The van der Waals surface area contributed by atoms with Crippen LogP contribution in [-0.2, 0) is 9.59 Å². The molecule has 2 aliphatic rings. The number of halogens is 1. The molecule has 2 aromatic rings. The Kier molecular flexibility index (Phi) is 9.61. The van der Waals surface area contributed by atoms with E-state index >= 15 is 0 Å². The van der Waals surface area contributed by atoms with Gasteiger partial charge in [0.1, 0.15) is 8.49 Å². The number of hydrogen-bond donors (Lipinski definition) is 1. The zero-order chi connectivity index (χ0) is 28.2. The Hall–Kier alpha value is -2.97. The molecule has 0 bridgehead atoms. The summed E-state index contributed by atoms with van der Waals surface area (Å²) in [6.07, 6.45) is 3.81. The highest BCUT2D eigenvalue weighted by Crippen LogP contribution is 2.47. The number of ether oxygens (including phenoxy) is 3. The van der Waals surface area contributed by atoms with Gasteiger partial charge >= 0.3 is 5.97 Å². The van der Waals surface area contributed by atoms with E-state index < -0.39 is 30.6 Å². The first-order valence-corrected chi connectivity index (χ1v) is 13.1. The average Bonchev–Trinajstić information content (AvgIpc) is 3.44. The number of unbranched alkanes of at least 4 members (excludes halogenated alkanes) is 2. The molecule has 1 unspecified atom stereocenters. The number of likely N-dealkylation sites (tertiary alicyclic amines) is 1. The highest BCUT2D eigenvalue weighted by atomic mass is 35.5. The molecule has 38 heavy (non-hydrogen) atoms. The Morgan fingerprint density at radius 3 is 2.29 bits per heavy atom. The molecule has 1 amide bonds. The van der Waals surface area contributed by atoms with Gasteiger partial charge in [-0.25, -0.2) is 0 Å². The first kappa shape index (κ1) is 26.6. The van der Waals surface area contributed by atoms with Gasteiger partial charge in [0.2, 0.25) is 12.7 Å². The molecule has 0 spiro atoms. The Balaban J connectivity index is 0.00000441. The molecule has 9 heteroatoms. The van der Waals surface area contributed by atoms with Crippen LogP contribution in [0.2, 0.25) is 0 Å². The average molecular weight is 549 g/mol. The van der Waals surface area contributed by atoms with Crippen LogP contribution in [0.15, 0.2) is 42.5 Å². The van der Waals surface area contributed by atoms with Gasteiger partial charge in [0.05, 0.1) is 19.6 Å². The molecule has 1 fully saturated rings. The zero-order valence-corrected chi connectivity index (χ0v) is 23.0. The van der Waals surface area contributed by atoms with Gasteiger partial charge in [-0.05, 0) is 48.2 Å². The number of fused-ring (bicyclic) bond motifs is 1. The summed E-state index contributed by atoms with van der Waals surface area (Å²) in [5.41, 5.74) is 1.49.